The molecule has 1 fully saturated rings. The van der Waals surface area contributed by atoms with Crippen molar-refractivity contribution >= 4 is 5.95 Å². The minimum atomic E-state index is -4.40. The SMILES string of the molecule is Cc1ccnc(N2CCO[C@H](c3ccccc3C(F)(F)F)C2)n1. The van der Waals surface area contributed by atoms with E-state index < -0.39 is 17.8 Å². The van der Waals surface area contributed by atoms with Gasteiger partial charge in [-0.2, -0.15) is 13.2 Å². The number of nitrogens with zero attached hydrogens (tertiary/aromatic N) is 3. The first-order valence-corrected chi connectivity index (χ1v) is 7.27. The average Bonchev–Trinajstić information content (AvgIpc) is 2.54. The van der Waals surface area contributed by atoms with Gasteiger partial charge in [0.05, 0.1) is 18.7 Å². The Hall–Kier alpha value is -2.15. The molecule has 1 aromatic carbocycles. The Labute approximate surface area is 131 Å². The van der Waals surface area contributed by atoms with Crippen molar-refractivity contribution in [3.8, 4) is 0 Å². The fourth-order valence-corrected chi connectivity index (χ4v) is 2.64. The van der Waals surface area contributed by atoms with E-state index in [0.29, 0.717) is 19.1 Å². The van der Waals surface area contributed by atoms with E-state index in [-0.39, 0.29) is 12.1 Å². The van der Waals surface area contributed by atoms with Crippen LogP contribution in [0.1, 0.15) is 22.9 Å². The molecule has 0 N–H and O–H groups in total. The summed E-state index contributed by atoms with van der Waals surface area (Å²) in [7, 11) is 0. The van der Waals surface area contributed by atoms with E-state index >= 15 is 0 Å². The summed E-state index contributed by atoms with van der Waals surface area (Å²) in [5.41, 5.74) is 0.308. The molecular formula is C16H16F3N3O. The zero-order valence-electron chi connectivity index (χ0n) is 12.5. The van der Waals surface area contributed by atoms with Gasteiger partial charge in [0.1, 0.15) is 6.10 Å². The number of hydrogen-bond acceptors (Lipinski definition) is 4. The minimum absolute atomic E-state index is 0.150. The highest BCUT2D eigenvalue weighted by Gasteiger charge is 2.36. The third-order valence-corrected chi connectivity index (χ3v) is 3.74. The maximum Gasteiger partial charge on any atom is 0.416 e. The second-order valence-electron chi connectivity index (χ2n) is 5.39. The van der Waals surface area contributed by atoms with Gasteiger partial charge in [-0.25, -0.2) is 9.97 Å². The first-order valence-electron chi connectivity index (χ1n) is 7.27. The Morgan fingerprint density at radius 1 is 1.22 bits per heavy atom. The number of benzene rings is 1. The highest BCUT2D eigenvalue weighted by molar-refractivity contribution is 5.36. The van der Waals surface area contributed by atoms with Crippen molar-refractivity contribution in [2.75, 3.05) is 24.6 Å². The molecular weight excluding hydrogens is 307 g/mol. The Bertz CT molecular complexity index is 690. The van der Waals surface area contributed by atoms with E-state index in [2.05, 4.69) is 9.97 Å². The number of morpholine rings is 1. The second-order valence-corrected chi connectivity index (χ2v) is 5.39. The normalized spacial score (nSPS) is 19.0. The predicted octanol–water partition coefficient (Wildman–Crippen LogP) is 3.38. The molecule has 0 aliphatic carbocycles. The molecule has 2 aromatic rings. The maximum atomic E-state index is 13.2. The van der Waals surface area contributed by atoms with Crippen LogP contribution in [-0.4, -0.2) is 29.7 Å². The molecule has 1 saturated heterocycles. The molecule has 4 nitrogen and oxygen atoms in total. The molecule has 7 heteroatoms. The Kier molecular flexibility index (Phi) is 4.21. The molecule has 1 aliphatic heterocycles. The topological polar surface area (TPSA) is 38.2 Å². The predicted molar refractivity (Wildman–Crippen MR) is 79.1 cm³/mol. The number of alkyl halides is 3. The molecule has 0 saturated carbocycles. The summed E-state index contributed by atoms with van der Waals surface area (Å²) >= 11 is 0. The van der Waals surface area contributed by atoms with Gasteiger partial charge in [-0.3, -0.25) is 0 Å². The molecule has 3 rings (SSSR count). The van der Waals surface area contributed by atoms with Crippen LogP contribution in [0.3, 0.4) is 0 Å². The monoisotopic (exact) mass is 323 g/mol. The van der Waals surface area contributed by atoms with Gasteiger partial charge in [0, 0.05) is 18.4 Å². The molecule has 122 valence electrons. The van der Waals surface area contributed by atoms with Crippen molar-refractivity contribution in [2.45, 2.75) is 19.2 Å². The zero-order valence-corrected chi connectivity index (χ0v) is 12.5. The molecule has 0 bridgehead atoms. The van der Waals surface area contributed by atoms with Crippen LogP contribution in [0.25, 0.3) is 0 Å². The number of rotatable bonds is 2. The minimum Gasteiger partial charge on any atom is -0.370 e. The zero-order chi connectivity index (χ0) is 16.4. The molecule has 0 amide bonds. The van der Waals surface area contributed by atoms with E-state index in [0.717, 1.165) is 11.8 Å². The Morgan fingerprint density at radius 2 is 2.00 bits per heavy atom. The van der Waals surface area contributed by atoms with Gasteiger partial charge in [-0.05, 0) is 24.6 Å². The molecule has 2 heterocycles. The molecule has 0 spiro atoms. The van der Waals surface area contributed by atoms with Crippen LogP contribution in [0.15, 0.2) is 36.5 Å². The fourth-order valence-electron chi connectivity index (χ4n) is 2.64. The lowest BCUT2D eigenvalue weighted by atomic mass is 10.0. The number of ether oxygens (including phenoxy) is 1. The van der Waals surface area contributed by atoms with Gasteiger partial charge in [-0.15, -0.1) is 0 Å². The number of aromatic nitrogens is 2. The van der Waals surface area contributed by atoms with Crippen molar-refractivity contribution < 1.29 is 17.9 Å². The van der Waals surface area contributed by atoms with Crippen molar-refractivity contribution in [1.29, 1.82) is 0 Å². The molecule has 1 aromatic heterocycles. The molecule has 23 heavy (non-hydrogen) atoms. The maximum absolute atomic E-state index is 13.2. The molecule has 1 atom stereocenters. The third kappa shape index (κ3) is 3.44. The molecule has 0 unspecified atom stereocenters. The van der Waals surface area contributed by atoms with Crippen molar-refractivity contribution in [3.05, 3.63) is 53.3 Å². The van der Waals surface area contributed by atoms with Gasteiger partial charge in [0.2, 0.25) is 5.95 Å². The van der Waals surface area contributed by atoms with Crippen molar-refractivity contribution in [1.82, 2.24) is 9.97 Å². The third-order valence-electron chi connectivity index (χ3n) is 3.74. The standard InChI is InChI=1S/C16H16F3N3O/c1-11-6-7-20-15(21-11)22-8-9-23-14(10-22)12-4-2-3-5-13(12)16(17,18)19/h2-7,14H,8-10H2,1H3/t14-/m0/s1. The van der Waals surface area contributed by atoms with E-state index in [4.69, 9.17) is 4.74 Å². The number of anilines is 1. The lowest BCUT2D eigenvalue weighted by molar-refractivity contribution is -0.139. The van der Waals surface area contributed by atoms with Crippen LogP contribution in [0.4, 0.5) is 19.1 Å². The van der Waals surface area contributed by atoms with Crippen LogP contribution in [0.5, 0.6) is 0 Å². The first kappa shape index (κ1) is 15.7. The van der Waals surface area contributed by atoms with E-state index in [1.54, 1.807) is 18.3 Å². The first-order chi connectivity index (χ1) is 10.9. The van der Waals surface area contributed by atoms with Gasteiger partial charge in [-0.1, -0.05) is 18.2 Å². The average molecular weight is 323 g/mol. The summed E-state index contributed by atoms with van der Waals surface area (Å²) in [6, 6.07) is 7.31. The molecule has 0 radical (unpaired) electrons. The Balaban J connectivity index is 1.88. The van der Waals surface area contributed by atoms with Gasteiger partial charge < -0.3 is 9.64 Å². The summed E-state index contributed by atoms with van der Waals surface area (Å²) < 4.78 is 45.1. The van der Waals surface area contributed by atoms with E-state index in [9.17, 15) is 13.2 Å². The number of halogens is 3. The van der Waals surface area contributed by atoms with Gasteiger partial charge in [0.15, 0.2) is 0 Å². The van der Waals surface area contributed by atoms with Gasteiger partial charge in [0.25, 0.3) is 0 Å². The van der Waals surface area contributed by atoms with Crippen LogP contribution < -0.4 is 4.90 Å². The highest BCUT2D eigenvalue weighted by Crippen LogP contribution is 2.36. The van der Waals surface area contributed by atoms with Crippen LogP contribution >= 0.6 is 0 Å². The van der Waals surface area contributed by atoms with Crippen LogP contribution in [0, 0.1) is 6.92 Å². The van der Waals surface area contributed by atoms with Crippen molar-refractivity contribution in [3.63, 3.8) is 0 Å². The quantitative estimate of drug-likeness (QED) is 0.849. The lowest BCUT2D eigenvalue weighted by Crippen LogP contribution is -2.40. The summed E-state index contributed by atoms with van der Waals surface area (Å²) in [5.74, 6) is 0.516. The Morgan fingerprint density at radius 3 is 2.74 bits per heavy atom. The fraction of sp³-hybridized carbons (Fsp3) is 0.375. The van der Waals surface area contributed by atoms with Crippen LogP contribution in [0.2, 0.25) is 0 Å². The van der Waals surface area contributed by atoms with Crippen LogP contribution in [-0.2, 0) is 10.9 Å². The highest BCUT2D eigenvalue weighted by atomic mass is 19.4. The summed E-state index contributed by atoms with van der Waals surface area (Å²) in [4.78, 5) is 10.4. The van der Waals surface area contributed by atoms with E-state index in [1.807, 2.05) is 11.8 Å². The lowest BCUT2D eigenvalue weighted by Gasteiger charge is -2.34. The summed E-state index contributed by atoms with van der Waals surface area (Å²) in [5, 5.41) is 0. The number of aryl methyl sites for hydroxylation is 1. The van der Waals surface area contributed by atoms with E-state index in [1.165, 1.54) is 12.1 Å². The second kappa shape index (κ2) is 6.16. The summed E-state index contributed by atoms with van der Waals surface area (Å²) in [6.45, 7) is 3.01. The van der Waals surface area contributed by atoms with Gasteiger partial charge >= 0.3 is 6.18 Å². The molecule has 1 aliphatic rings. The largest absolute Gasteiger partial charge is 0.416 e. The number of hydrogen-bond donors (Lipinski definition) is 0. The smallest absolute Gasteiger partial charge is 0.370 e. The summed E-state index contributed by atoms with van der Waals surface area (Å²) in [6.07, 6.45) is -3.42. The van der Waals surface area contributed by atoms with Crippen molar-refractivity contribution in [2.24, 2.45) is 0 Å².